The minimum Gasteiger partial charge on any atom is -0.494 e. The molecule has 3 aromatic rings. The molecule has 0 spiro atoms. The van der Waals surface area contributed by atoms with Crippen molar-refractivity contribution in [2.75, 3.05) is 11.9 Å². The molecular formula is C27H24N2O4. The van der Waals surface area contributed by atoms with Crippen LogP contribution in [0.15, 0.2) is 84.4 Å². The Labute approximate surface area is 192 Å². The van der Waals surface area contributed by atoms with E-state index in [0.717, 1.165) is 11.3 Å². The lowest BCUT2D eigenvalue weighted by Crippen LogP contribution is -2.28. The summed E-state index contributed by atoms with van der Waals surface area (Å²) >= 11 is 0. The normalized spacial score (nSPS) is 14.6. The van der Waals surface area contributed by atoms with E-state index in [1.807, 2.05) is 37.3 Å². The summed E-state index contributed by atoms with van der Waals surface area (Å²) in [6.07, 6.45) is 1.73. The van der Waals surface area contributed by atoms with Crippen LogP contribution < -0.4 is 10.1 Å². The number of carbonyl (C=O) groups excluding carboxylic acids is 3. The number of benzene rings is 3. The van der Waals surface area contributed by atoms with Gasteiger partial charge in [-0.1, -0.05) is 42.5 Å². The second-order valence-electron chi connectivity index (χ2n) is 7.65. The van der Waals surface area contributed by atoms with Gasteiger partial charge >= 0.3 is 0 Å². The van der Waals surface area contributed by atoms with E-state index in [9.17, 15) is 14.4 Å². The third-order valence-corrected chi connectivity index (χ3v) is 5.26. The first-order chi connectivity index (χ1) is 16.0. The average molecular weight is 440 g/mol. The van der Waals surface area contributed by atoms with Gasteiger partial charge in [-0.2, -0.15) is 0 Å². The predicted molar refractivity (Wildman–Crippen MR) is 127 cm³/mol. The zero-order chi connectivity index (χ0) is 23.2. The molecule has 4 rings (SSSR count). The standard InChI is InChI=1S/C27H24N2O4/c1-2-33-24-13-11-23(12-14-24)28-26(31)21-10-6-9-20(15-21)16-22-17-25(30)29(27(22)32)18-19-7-4-3-5-8-19/h3-16H,2,17-18H2,1H3,(H,28,31)/b22-16+. The molecule has 1 saturated heterocycles. The number of nitrogens with zero attached hydrogens (tertiary/aromatic N) is 1. The molecule has 0 bridgehead atoms. The number of ether oxygens (including phenoxy) is 1. The Morgan fingerprint density at radius 2 is 1.76 bits per heavy atom. The highest BCUT2D eigenvalue weighted by Crippen LogP contribution is 2.24. The largest absolute Gasteiger partial charge is 0.494 e. The van der Waals surface area contributed by atoms with Gasteiger partial charge in [-0.15, -0.1) is 0 Å². The van der Waals surface area contributed by atoms with E-state index in [0.29, 0.717) is 29.0 Å². The van der Waals surface area contributed by atoms with Gasteiger partial charge in [-0.05, 0) is 60.5 Å². The molecule has 0 unspecified atom stereocenters. The predicted octanol–water partition coefficient (Wildman–Crippen LogP) is 4.68. The van der Waals surface area contributed by atoms with Crippen LogP contribution in [0.5, 0.6) is 5.75 Å². The first-order valence-electron chi connectivity index (χ1n) is 10.8. The van der Waals surface area contributed by atoms with Gasteiger partial charge in [0.05, 0.1) is 19.6 Å². The zero-order valence-corrected chi connectivity index (χ0v) is 18.3. The summed E-state index contributed by atoms with van der Waals surface area (Å²) < 4.78 is 5.41. The van der Waals surface area contributed by atoms with Crippen molar-refractivity contribution < 1.29 is 19.1 Å². The van der Waals surface area contributed by atoms with Crippen LogP contribution in [0.25, 0.3) is 6.08 Å². The Balaban J connectivity index is 1.46. The fraction of sp³-hybridized carbons (Fsp3) is 0.148. The molecule has 0 aliphatic carbocycles. The molecule has 3 amide bonds. The minimum absolute atomic E-state index is 0.0499. The summed E-state index contributed by atoms with van der Waals surface area (Å²) in [4.78, 5) is 39.2. The fourth-order valence-corrected chi connectivity index (χ4v) is 3.63. The second-order valence-corrected chi connectivity index (χ2v) is 7.65. The molecule has 6 nitrogen and oxygen atoms in total. The molecule has 0 atom stereocenters. The van der Waals surface area contributed by atoms with Crippen LogP contribution in [0.4, 0.5) is 5.69 Å². The first kappa shape index (κ1) is 22.0. The summed E-state index contributed by atoms with van der Waals surface area (Å²) in [7, 11) is 0. The maximum Gasteiger partial charge on any atom is 0.257 e. The topological polar surface area (TPSA) is 75.7 Å². The Hall–Kier alpha value is -4.19. The van der Waals surface area contributed by atoms with Gasteiger partial charge in [0.2, 0.25) is 5.91 Å². The van der Waals surface area contributed by atoms with Crippen molar-refractivity contribution in [3.63, 3.8) is 0 Å². The molecule has 1 heterocycles. The summed E-state index contributed by atoms with van der Waals surface area (Å²) in [5, 5.41) is 2.85. The molecule has 166 valence electrons. The molecule has 0 radical (unpaired) electrons. The third kappa shape index (κ3) is 5.36. The van der Waals surface area contributed by atoms with Crippen molar-refractivity contribution in [2.24, 2.45) is 0 Å². The summed E-state index contributed by atoms with van der Waals surface area (Å²) in [5.74, 6) is -0.0484. The van der Waals surface area contributed by atoms with Crippen LogP contribution in [0.2, 0.25) is 0 Å². The van der Waals surface area contributed by atoms with Crippen molar-refractivity contribution in [2.45, 2.75) is 19.9 Å². The van der Waals surface area contributed by atoms with Crippen LogP contribution in [0.1, 0.15) is 34.8 Å². The van der Waals surface area contributed by atoms with E-state index < -0.39 is 0 Å². The fourth-order valence-electron chi connectivity index (χ4n) is 3.63. The monoisotopic (exact) mass is 440 g/mol. The highest BCUT2D eigenvalue weighted by molar-refractivity contribution is 6.15. The highest BCUT2D eigenvalue weighted by Gasteiger charge is 2.33. The van der Waals surface area contributed by atoms with Crippen LogP contribution in [-0.4, -0.2) is 29.2 Å². The lowest BCUT2D eigenvalue weighted by Gasteiger charge is -2.13. The Kier molecular flexibility index (Phi) is 6.64. The molecule has 0 aromatic heterocycles. The maximum absolute atomic E-state index is 12.8. The van der Waals surface area contributed by atoms with Crippen molar-refractivity contribution in [1.29, 1.82) is 0 Å². The number of anilines is 1. The van der Waals surface area contributed by atoms with Crippen LogP contribution in [-0.2, 0) is 16.1 Å². The van der Waals surface area contributed by atoms with Crippen LogP contribution >= 0.6 is 0 Å². The van der Waals surface area contributed by atoms with E-state index in [-0.39, 0.29) is 30.7 Å². The molecule has 1 N–H and O–H groups in total. The van der Waals surface area contributed by atoms with Gasteiger partial charge in [0.15, 0.2) is 0 Å². The Morgan fingerprint density at radius 1 is 1.00 bits per heavy atom. The lowest BCUT2D eigenvalue weighted by molar-refractivity contribution is -0.138. The molecule has 33 heavy (non-hydrogen) atoms. The molecule has 0 saturated carbocycles. The van der Waals surface area contributed by atoms with Gasteiger partial charge in [0, 0.05) is 16.8 Å². The van der Waals surface area contributed by atoms with Crippen molar-refractivity contribution in [3.05, 3.63) is 101 Å². The number of hydrogen-bond acceptors (Lipinski definition) is 4. The number of imide groups is 1. The maximum atomic E-state index is 12.8. The van der Waals surface area contributed by atoms with E-state index in [2.05, 4.69) is 5.32 Å². The zero-order valence-electron chi connectivity index (χ0n) is 18.3. The smallest absolute Gasteiger partial charge is 0.257 e. The van der Waals surface area contributed by atoms with Gasteiger partial charge in [-0.3, -0.25) is 19.3 Å². The van der Waals surface area contributed by atoms with E-state index in [1.165, 1.54) is 4.90 Å². The minimum atomic E-state index is -0.298. The molecule has 1 fully saturated rings. The molecule has 1 aliphatic rings. The lowest BCUT2D eigenvalue weighted by atomic mass is 10.1. The van der Waals surface area contributed by atoms with E-state index >= 15 is 0 Å². The SMILES string of the molecule is CCOc1ccc(NC(=O)c2cccc(/C=C3\CC(=O)N(Cc4ccccc4)C3=O)c2)cc1. The van der Waals surface area contributed by atoms with E-state index in [4.69, 9.17) is 4.74 Å². The third-order valence-electron chi connectivity index (χ3n) is 5.26. The molecular weight excluding hydrogens is 416 g/mol. The summed E-state index contributed by atoms with van der Waals surface area (Å²) in [6.45, 7) is 2.74. The number of nitrogens with one attached hydrogen (secondary N) is 1. The van der Waals surface area contributed by atoms with Crippen molar-refractivity contribution in [3.8, 4) is 5.75 Å². The molecule has 6 heteroatoms. The van der Waals surface area contributed by atoms with Crippen LogP contribution in [0, 0.1) is 0 Å². The number of rotatable bonds is 7. The van der Waals surface area contributed by atoms with Gasteiger partial charge in [0.25, 0.3) is 11.8 Å². The number of carbonyl (C=O) groups is 3. The summed E-state index contributed by atoms with van der Waals surface area (Å²) in [5.41, 5.74) is 3.11. The summed E-state index contributed by atoms with van der Waals surface area (Å²) in [6, 6.07) is 23.5. The Morgan fingerprint density at radius 3 is 2.48 bits per heavy atom. The second kappa shape index (κ2) is 9.96. The first-order valence-corrected chi connectivity index (χ1v) is 10.8. The molecule has 1 aliphatic heterocycles. The van der Waals surface area contributed by atoms with Gasteiger partial charge < -0.3 is 10.1 Å². The quantitative estimate of drug-likeness (QED) is 0.428. The number of amides is 3. The van der Waals surface area contributed by atoms with E-state index in [1.54, 1.807) is 54.6 Å². The van der Waals surface area contributed by atoms with Gasteiger partial charge in [-0.25, -0.2) is 0 Å². The molecule has 3 aromatic carbocycles. The van der Waals surface area contributed by atoms with Crippen molar-refractivity contribution in [1.82, 2.24) is 4.90 Å². The highest BCUT2D eigenvalue weighted by atomic mass is 16.5. The number of hydrogen-bond donors (Lipinski definition) is 1. The van der Waals surface area contributed by atoms with Gasteiger partial charge in [0.1, 0.15) is 5.75 Å². The Bertz CT molecular complexity index is 1200. The van der Waals surface area contributed by atoms with Crippen molar-refractivity contribution >= 4 is 29.5 Å². The number of likely N-dealkylation sites (tertiary alicyclic amines) is 1. The average Bonchev–Trinajstić information content (AvgIpc) is 3.08. The van der Waals surface area contributed by atoms with Crippen LogP contribution in [0.3, 0.4) is 0 Å².